The number of fused-ring (bicyclic) bond motifs is 1. The number of hydrogen-bond donors (Lipinski definition) is 1. The highest BCUT2D eigenvalue weighted by molar-refractivity contribution is 5.80. The standard InChI is InChI=1S/C19H21N5O/c20-17(25)13-24-12-9-21-19(24)15-7-10-23(11-8-15)18-6-5-14-3-1-2-4-16(14)22-18/h1-6,9,12,15H,7-8,10-11,13H2,(H2,20,25). The van der Waals surface area contributed by atoms with E-state index in [-0.39, 0.29) is 12.5 Å². The molecule has 1 aliphatic heterocycles. The van der Waals surface area contributed by atoms with Gasteiger partial charge in [0.15, 0.2) is 0 Å². The normalized spacial score (nSPS) is 15.6. The van der Waals surface area contributed by atoms with Gasteiger partial charge in [0.1, 0.15) is 18.2 Å². The van der Waals surface area contributed by atoms with E-state index in [0.717, 1.165) is 48.5 Å². The zero-order valence-electron chi connectivity index (χ0n) is 14.0. The SMILES string of the molecule is NC(=O)Cn1ccnc1C1CCN(c2ccc3ccccc3n2)CC1. The molecule has 6 nitrogen and oxygen atoms in total. The largest absolute Gasteiger partial charge is 0.368 e. The van der Waals surface area contributed by atoms with Crippen LogP contribution in [0, 0.1) is 0 Å². The lowest BCUT2D eigenvalue weighted by Crippen LogP contribution is -2.34. The average molecular weight is 335 g/mol. The van der Waals surface area contributed by atoms with Crippen molar-refractivity contribution in [3.8, 4) is 0 Å². The van der Waals surface area contributed by atoms with Crippen molar-refractivity contribution in [3.63, 3.8) is 0 Å². The first-order valence-electron chi connectivity index (χ1n) is 8.61. The number of aromatic nitrogens is 3. The van der Waals surface area contributed by atoms with E-state index >= 15 is 0 Å². The van der Waals surface area contributed by atoms with E-state index in [9.17, 15) is 4.79 Å². The molecule has 2 N–H and O–H groups in total. The minimum atomic E-state index is -0.336. The Morgan fingerprint density at radius 1 is 1.16 bits per heavy atom. The van der Waals surface area contributed by atoms with Crippen LogP contribution in [-0.2, 0) is 11.3 Å². The molecule has 3 heterocycles. The third-order valence-corrected chi connectivity index (χ3v) is 4.84. The third-order valence-electron chi connectivity index (χ3n) is 4.84. The molecule has 0 bridgehead atoms. The minimum absolute atomic E-state index is 0.196. The highest BCUT2D eigenvalue weighted by Crippen LogP contribution is 2.29. The fourth-order valence-electron chi connectivity index (χ4n) is 3.58. The van der Waals surface area contributed by atoms with E-state index in [1.807, 2.05) is 29.0 Å². The minimum Gasteiger partial charge on any atom is -0.368 e. The van der Waals surface area contributed by atoms with Gasteiger partial charge in [-0.15, -0.1) is 0 Å². The third kappa shape index (κ3) is 3.20. The Kier molecular flexibility index (Phi) is 4.09. The van der Waals surface area contributed by atoms with Crippen LogP contribution in [0.5, 0.6) is 0 Å². The van der Waals surface area contributed by atoms with Gasteiger partial charge in [-0.1, -0.05) is 18.2 Å². The fraction of sp³-hybridized carbons (Fsp3) is 0.316. The van der Waals surface area contributed by atoms with Crippen LogP contribution in [0.3, 0.4) is 0 Å². The van der Waals surface area contributed by atoms with Gasteiger partial charge >= 0.3 is 0 Å². The molecule has 0 spiro atoms. The number of hydrogen-bond acceptors (Lipinski definition) is 4. The number of amides is 1. The van der Waals surface area contributed by atoms with E-state index < -0.39 is 0 Å². The molecule has 25 heavy (non-hydrogen) atoms. The second kappa shape index (κ2) is 6.55. The summed E-state index contributed by atoms with van der Waals surface area (Å²) in [5.74, 6) is 2.01. The number of imidazole rings is 1. The Bertz CT molecular complexity index is 895. The Labute approximate surface area is 146 Å². The number of nitrogens with two attached hydrogens (primary N) is 1. The van der Waals surface area contributed by atoms with Crippen molar-refractivity contribution in [3.05, 3.63) is 54.6 Å². The Morgan fingerprint density at radius 2 is 1.96 bits per heavy atom. The number of nitrogens with zero attached hydrogens (tertiary/aromatic N) is 4. The summed E-state index contributed by atoms with van der Waals surface area (Å²) < 4.78 is 1.87. The van der Waals surface area contributed by atoms with E-state index in [2.05, 4.69) is 28.1 Å². The van der Waals surface area contributed by atoms with E-state index in [4.69, 9.17) is 10.7 Å². The topological polar surface area (TPSA) is 77.0 Å². The van der Waals surface area contributed by atoms with E-state index in [0.29, 0.717) is 5.92 Å². The second-order valence-corrected chi connectivity index (χ2v) is 6.50. The summed E-state index contributed by atoms with van der Waals surface area (Å²) >= 11 is 0. The van der Waals surface area contributed by atoms with Crippen LogP contribution in [-0.4, -0.2) is 33.5 Å². The summed E-state index contributed by atoms with van der Waals surface area (Å²) in [4.78, 5) is 22.8. The summed E-state index contributed by atoms with van der Waals surface area (Å²) in [5, 5.41) is 1.16. The maximum absolute atomic E-state index is 11.2. The molecular formula is C19H21N5O. The van der Waals surface area contributed by atoms with E-state index in [1.54, 1.807) is 6.20 Å². The molecule has 1 aliphatic rings. The number of piperidine rings is 1. The summed E-state index contributed by atoms with van der Waals surface area (Å²) in [6.45, 7) is 2.06. The summed E-state index contributed by atoms with van der Waals surface area (Å²) in [5.41, 5.74) is 6.35. The van der Waals surface area contributed by atoms with Crippen molar-refractivity contribution in [1.29, 1.82) is 0 Å². The van der Waals surface area contributed by atoms with Gasteiger partial charge in [0.05, 0.1) is 5.52 Å². The highest BCUT2D eigenvalue weighted by Gasteiger charge is 2.25. The Morgan fingerprint density at radius 3 is 2.76 bits per heavy atom. The van der Waals surface area contributed by atoms with Crippen LogP contribution in [0.25, 0.3) is 10.9 Å². The molecule has 2 aromatic heterocycles. The molecule has 1 saturated heterocycles. The van der Waals surface area contributed by atoms with Crippen molar-refractivity contribution in [2.24, 2.45) is 5.73 Å². The fourth-order valence-corrected chi connectivity index (χ4v) is 3.58. The van der Waals surface area contributed by atoms with Crippen LogP contribution in [0.4, 0.5) is 5.82 Å². The number of para-hydroxylation sites is 1. The molecule has 0 saturated carbocycles. The summed E-state index contributed by atoms with van der Waals surface area (Å²) in [6.07, 6.45) is 5.56. The van der Waals surface area contributed by atoms with Gasteiger partial charge in [-0.05, 0) is 31.0 Å². The van der Waals surface area contributed by atoms with Gasteiger partial charge in [0, 0.05) is 36.8 Å². The Hall–Kier alpha value is -2.89. The van der Waals surface area contributed by atoms with Gasteiger partial charge < -0.3 is 15.2 Å². The lowest BCUT2D eigenvalue weighted by Gasteiger charge is -2.32. The Balaban J connectivity index is 1.47. The molecule has 1 aromatic carbocycles. The van der Waals surface area contributed by atoms with Crippen molar-refractivity contribution in [2.45, 2.75) is 25.3 Å². The maximum atomic E-state index is 11.2. The zero-order chi connectivity index (χ0) is 17.2. The molecule has 0 radical (unpaired) electrons. The number of pyridine rings is 1. The monoisotopic (exact) mass is 335 g/mol. The first-order chi connectivity index (χ1) is 12.2. The predicted molar refractivity (Wildman–Crippen MR) is 97.4 cm³/mol. The highest BCUT2D eigenvalue weighted by atomic mass is 16.1. The van der Waals surface area contributed by atoms with Gasteiger partial charge in [0.25, 0.3) is 0 Å². The molecule has 1 fully saturated rings. The number of benzene rings is 1. The van der Waals surface area contributed by atoms with Gasteiger partial charge in [-0.2, -0.15) is 0 Å². The van der Waals surface area contributed by atoms with Crippen LogP contribution in [0.15, 0.2) is 48.8 Å². The van der Waals surface area contributed by atoms with Crippen molar-refractivity contribution in [1.82, 2.24) is 14.5 Å². The summed E-state index contributed by atoms with van der Waals surface area (Å²) in [7, 11) is 0. The number of carbonyl (C=O) groups excluding carboxylic acids is 1. The van der Waals surface area contributed by atoms with E-state index in [1.165, 1.54) is 0 Å². The lowest BCUT2D eigenvalue weighted by atomic mass is 9.96. The zero-order valence-corrected chi connectivity index (χ0v) is 14.0. The van der Waals surface area contributed by atoms with Gasteiger partial charge in [-0.3, -0.25) is 4.79 Å². The van der Waals surface area contributed by atoms with Crippen LogP contribution in [0.2, 0.25) is 0 Å². The van der Waals surface area contributed by atoms with Crippen molar-refractivity contribution >= 4 is 22.6 Å². The van der Waals surface area contributed by atoms with Gasteiger partial charge in [-0.25, -0.2) is 9.97 Å². The maximum Gasteiger partial charge on any atom is 0.237 e. The molecule has 1 amide bonds. The number of anilines is 1. The molecule has 0 unspecified atom stereocenters. The number of rotatable bonds is 4. The smallest absolute Gasteiger partial charge is 0.237 e. The molecule has 3 aromatic rings. The molecule has 6 heteroatoms. The van der Waals surface area contributed by atoms with Crippen LogP contribution >= 0.6 is 0 Å². The first kappa shape index (κ1) is 15.6. The molecule has 0 aliphatic carbocycles. The van der Waals surface area contributed by atoms with Crippen LogP contribution < -0.4 is 10.6 Å². The summed E-state index contributed by atoms with van der Waals surface area (Å²) in [6, 6.07) is 12.4. The molecule has 4 rings (SSSR count). The number of carbonyl (C=O) groups is 1. The van der Waals surface area contributed by atoms with Crippen LogP contribution in [0.1, 0.15) is 24.6 Å². The predicted octanol–water partition coefficient (Wildman–Crippen LogP) is 2.30. The molecule has 128 valence electrons. The quantitative estimate of drug-likeness (QED) is 0.794. The molecule has 0 atom stereocenters. The lowest BCUT2D eigenvalue weighted by molar-refractivity contribution is -0.118. The average Bonchev–Trinajstić information content (AvgIpc) is 3.09. The van der Waals surface area contributed by atoms with Gasteiger partial charge in [0.2, 0.25) is 5.91 Å². The number of primary amides is 1. The van der Waals surface area contributed by atoms with Crippen molar-refractivity contribution < 1.29 is 4.79 Å². The molecular weight excluding hydrogens is 314 g/mol. The second-order valence-electron chi connectivity index (χ2n) is 6.50. The van der Waals surface area contributed by atoms with Crippen molar-refractivity contribution in [2.75, 3.05) is 18.0 Å². The first-order valence-corrected chi connectivity index (χ1v) is 8.61.